The van der Waals surface area contributed by atoms with Crippen LogP contribution in [0.15, 0.2) is 28.9 Å². The molecule has 0 saturated heterocycles. The van der Waals surface area contributed by atoms with Gasteiger partial charge in [-0.25, -0.2) is 0 Å². The fourth-order valence-electron chi connectivity index (χ4n) is 2.46. The normalized spacial score (nSPS) is 10.6. The monoisotopic (exact) mass is 310 g/mol. The zero-order chi connectivity index (χ0) is 16.4. The third-order valence-corrected chi connectivity index (χ3v) is 3.36. The van der Waals surface area contributed by atoms with Crippen LogP contribution in [0.3, 0.4) is 0 Å². The predicted octanol–water partition coefficient (Wildman–Crippen LogP) is 3.58. The summed E-state index contributed by atoms with van der Waals surface area (Å²) in [7, 11) is 0. The van der Waals surface area contributed by atoms with Crippen molar-refractivity contribution in [2.45, 2.75) is 27.7 Å². The lowest BCUT2D eigenvalue weighted by molar-refractivity contribution is 0.400. The van der Waals surface area contributed by atoms with Crippen molar-refractivity contribution in [1.29, 1.82) is 0 Å². The maximum atomic E-state index is 5.01. The van der Waals surface area contributed by atoms with E-state index in [0.29, 0.717) is 17.6 Å². The topological polar surface area (TPSA) is 88.8 Å². The molecular formula is C16H18N6O. The third kappa shape index (κ3) is 3.45. The molecule has 0 aliphatic heterocycles. The molecule has 2 N–H and O–H groups in total. The smallest absolute Gasteiger partial charge is 0.249 e. The molecule has 0 atom stereocenters. The van der Waals surface area contributed by atoms with E-state index in [-0.39, 0.29) is 0 Å². The molecule has 7 nitrogen and oxygen atoms in total. The summed E-state index contributed by atoms with van der Waals surface area (Å²) in [6.07, 6.45) is 1.53. The van der Waals surface area contributed by atoms with Gasteiger partial charge in [0.2, 0.25) is 5.95 Å². The van der Waals surface area contributed by atoms with Crippen molar-refractivity contribution >= 4 is 23.3 Å². The van der Waals surface area contributed by atoms with Gasteiger partial charge in [-0.1, -0.05) is 22.9 Å². The first-order valence-electron chi connectivity index (χ1n) is 7.26. The Hall–Kier alpha value is -2.96. The summed E-state index contributed by atoms with van der Waals surface area (Å²) < 4.78 is 5.01. The molecule has 0 radical (unpaired) electrons. The van der Waals surface area contributed by atoms with E-state index in [1.54, 1.807) is 6.07 Å². The molecule has 0 aliphatic rings. The molecule has 2 heterocycles. The molecule has 0 unspecified atom stereocenters. The number of rotatable bonds is 4. The van der Waals surface area contributed by atoms with E-state index < -0.39 is 0 Å². The van der Waals surface area contributed by atoms with Crippen LogP contribution in [0.4, 0.5) is 23.3 Å². The van der Waals surface area contributed by atoms with E-state index >= 15 is 0 Å². The van der Waals surface area contributed by atoms with Gasteiger partial charge >= 0.3 is 0 Å². The van der Waals surface area contributed by atoms with Crippen LogP contribution in [0.1, 0.15) is 22.5 Å². The first kappa shape index (κ1) is 15.0. The van der Waals surface area contributed by atoms with E-state index in [1.807, 2.05) is 6.92 Å². The number of nitrogens with one attached hydrogen (secondary N) is 2. The first-order chi connectivity index (χ1) is 11.0. The van der Waals surface area contributed by atoms with Crippen molar-refractivity contribution in [2.24, 2.45) is 0 Å². The van der Waals surface area contributed by atoms with Crippen molar-refractivity contribution in [3.05, 3.63) is 46.8 Å². The van der Waals surface area contributed by atoms with E-state index in [9.17, 15) is 0 Å². The van der Waals surface area contributed by atoms with Crippen molar-refractivity contribution < 1.29 is 4.52 Å². The van der Waals surface area contributed by atoms with Gasteiger partial charge in [0.05, 0.1) is 6.20 Å². The van der Waals surface area contributed by atoms with Crippen LogP contribution in [0, 0.1) is 27.7 Å². The van der Waals surface area contributed by atoms with Gasteiger partial charge in [0.1, 0.15) is 5.76 Å². The molecule has 118 valence electrons. The van der Waals surface area contributed by atoms with Crippen LogP contribution in [0.5, 0.6) is 0 Å². The van der Waals surface area contributed by atoms with Crippen LogP contribution in [-0.4, -0.2) is 20.3 Å². The average Bonchev–Trinajstić information content (AvgIpc) is 2.88. The van der Waals surface area contributed by atoms with E-state index in [4.69, 9.17) is 4.52 Å². The number of anilines is 4. The molecule has 0 bridgehead atoms. The molecule has 3 aromatic rings. The van der Waals surface area contributed by atoms with Gasteiger partial charge in [-0.15, -0.1) is 5.10 Å². The zero-order valence-electron chi connectivity index (χ0n) is 13.5. The van der Waals surface area contributed by atoms with E-state index in [2.05, 4.69) is 63.9 Å². The summed E-state index contributed by atoms with van der Waals surface area (Å²) in [5.74, 6) is 2.26. The average molecular weight is 310 g/mol. The molecule has 1 aromatic carbocycles. The molecule has 0 saturated carbocycles. The van der Waals surface area contributed by atoms with E-state index in [0.717, 1.165) is 22.6 Å². The molecule has 7 heteroatoms. The highest BCUT2D eigenvalue weighted by Crippen LogP contribution is 2.24. The Morgan fingerprint density at radius 1 is 0.913 bits per heavy atom. The Bertz CT molecular complexity index is 819. The van der Waals surface area contributed by atoms with Gasteiger partial charge in [-0.05, 0) is 38.8 Å². The fourth-order valence-corrected chi connectivity index (χ4v) is 2.46. The second-order valence-corrected chi connectivity index (χ2v) is 5.51. The molecule has 0 spiro atoms. The Balaban J connectivity index is 1.83. The summed E-state index contributed by atoms with van der Waals surface area (Å²) >= 11 is 0. The predicted molar refractivity (Wildman–Crippen MR) is 88.3 cm³/mol. The maximum Gasteiger partial charge on any atom is 0.249 e. The van der Waals surface area contributed by atoms with Gasteiger partial charge in [-0.3, -0.25) is 0 Å². The third-order valence-electron chi connectivity index (χ3n) is 3.36. The Morgan fingerprint density at radius 3 is 2.30 bits per heavy atom. The molecule has 0 fully saturated rings. The molecule has 0 amide bonds. The minimum atomic E-state index is 0.422. The molecule has 3 rings (SSSR count). The lowest BCUT2D eigenvalue weighted by Gasteiger charge is -2.12. The van der Waals surface area contributed by atoms with Crippen LogP contribution >= 0.6 is 0 Å². The minimum Gasteiger partial charge on any atom is -0.360 e. The molecular weight excluding hydrogens is 292 g/mol. The number of hydrogen-bond acceptors (Lipinski definition) is 7. The van der Waals surface area contributed by atoms with Crippen LogP contribution in [0.25, 0.3) is 0 Å². The van der Waals surface area contributed by atoms with Crippen LogP contribution in [-0.2, 0) is 0 Å². The largest absolute Gasteiger partial charge is 0.360 e. The quantitative estimate of drug-likeness (QED) is 0.761. The Morgan fingerprint density at radius 2 is 1.65 bits per heavy atom. The fraction of sp³-hybridized carbons (Fsp3) is 0.250. The second kappa shape index (κ2) is 6.04. The molecule has 23 heavy (non-hydrogen) atoms. The second-order valence-electron chi connectivity index (χ2n) is 5.51. The maximum absolute atomic E-state index is 5.01. The number of benzene rings is 1. The van der Waals surface area contributed by atoms with Crippen molar-refractivity contribution in [3.63, 3.8) is 0 Å². The summed E-state index contributed by atoms with van der Waals surface area (Å²) in [5.41, 5.74) is 4.49. The van der Waals surface area contributed by atoms with Crippen LogP contribution < -0.4 is 10.6 Å². The van der Waals surface area contributed by atoms with Gasteiger partial charge in [0.25, 0.3) is 0 Å². The lowest BCUT2D eigenvalue weighted by Crippen LogP contribution is -2.04. The van der Waals surface area contributed by atoms with Crippen molar-refractivity contribution in [2.75, 3.05) is 10.6 Å². The van der Waals surface area contributed by atoms with Gasteiger partial charge in [0.15, 0.2) is 11.6 Å². The van der Waals surface area contributed by atoms with Gasteiger partial charge < -0.3 is 15.2 Å². The summed E-state index contributed by atoms with van der Waals surface area (Å²) in [4.78, 5) is 4.40. The summed E-state index contributed by atoms with van der Waals surface area (Å²) in [5, 5.41) is 18.1. The highest BCUT2D eigenvalue weighted by Gasteiger charge is 2.08. The Kier molecular flexibility index (Phi) is 3.92. The summed E-state index contributed by atoms with van der Waals surface area (Å²) in [6.45, 7) is 8.00. The minimum absolute atomic E-state index is 0.422. The number of aromatic nitrogens is 4. The molecule has 2 aromatic heterocycles. The summed E-state index contributed by atoms with van der Waals surface area (Å²) in [6, 6.07) is 6.01. The zero-order valence-corrected chi connectivity index (χ0v) is 13.5. The SMILES string of the molecule is Cc1cc(C)c(Nc2nncc(Nc3cc(C)on3)n2)c(C)c1. The highest BCUT2D eigenvalue weighted by molar-refractivity contribution is 5.64. The number of aryl methyl sites for hydroxylation is 4. The van der Waals surface area contributed by atoms with Crippen molar-refractivity contribution in [3.8, 4) is 0 Å². The van der Waals surface area contributed by atoms with Crippen molar-refractivity contribution in [1.82, 2.24) is 20.3 Å². The lowest BCUT2D eigenvalue weighted by atomic mass is 10.1. The molecule has 0 aliphatic carbocycles. The number of hydrogen-bond donors (Lipinski definition) is 2. The highest BCUT2D eigenvalue weighted by atomic mass is 16.5. The first-order valence-corrected chi connectivity index (χ1v) is 7.26. The standard InChI is InChI=1S/C16H18N6O/c1-9-5-10(2)15(11(3)6-9)20-16-19-14(8-17-21-16)18-13-7-12(4)23-22-13/h5-8H,1-4H3,(H2,18,19,20,21,22). The van der Waals surface area contributed by atoms with Crippen LogP contribution in [0.2, 0.25) is 0 Å². The van der Waals surface area contributed by atoms with Gasteiger partial charge in [-0.2, -0.15) is 10.1 Å². The van der Waals surface area contributed by atoms with Gasteiger partial charge in [0, 0.05) is 11.8 Å². The van der Waals surface area contributed by atoms with E-state index in [1.165, 1.54) is 11.8 Å². The number of nitrogens with zero attached hydrogens (tertiary/aromatic N) is 4. The Labute approximate surface area is 134 Å².